The van der Waals surface area contributed by atoms with Gasteiger partial charge in [0.25, 0.3) is 5.91 Å². The number of benzene rings is 2. The highest BCUT2D eigenvalue weighted by Crippen LogP contribution is 2.30. The Labute approximate surface area is 160 Å². The number of hydrogen-bond donors (Lipinski definition) is 1. The van der Waals surface area contributed by atoms with E-state index in [4.69, 9.17) is 27.6 Å². The molecule has 1 heterocycles. The molecule has 1 amide bonds. The molecule has 132 valence electrons. The molecule has 3 rings (SSSR count). The Bertz CT molecular complexity index is 971. The van der Waals surface area contributed by atoms with Crippen LogP contribution >= 0.6 is 23.2 Å². The van der Waals surface area contributed by atoms with Crippen molar-refractivity contribution < 1.29 is 14.0 Å². The number of carbonyl (C=O) groups is 2. The molecular weight excluding hydrogens is 373 g/mol. The summed E-state index contributed by atoms with van der Waals surface area (Å²) in [5, 5.41) is 3.76. The second-order valence-corrected chi connectivity index (χ2v) is 6.70. The van der Waals surface area contributed by atoms with Gasteiger partial charge in [-0.3, -0.25) is 9.59 Å². The number of furan rings is 1. The first-order valence-electron chi connectivity index (χ1n) is 7.83. The van der Waals surface area contributed by atoms with E-state index in [1.807, 2.05) is 0 Å². The molecular formula is C20H15Cl2NO3. The highest BCUT2D eigenvalue weighted by molar-refractivity contribution is 6.35. The summed E-state index contributed by atoms with van der Waals surface area (Å²) < 4.78 is 5.70. The monoisotopic (exact) mass is 387 g/mol. The summed E-state index contributed by atoms with van der Waals surface area (Å²) in [5.41, 5.74) is 2.28. The maximum Gasteiger partial charge on any atom is 0.259 e. The molecule has 6 heteroatoms. The number of ketones is 1. The number of halogens is 2. The average Bonchev–Trinajstić information content (AvgIpc) is 2.96. The summed E-state index contributed by atoms with van der Waals surface area (Å²) in [6.07, 6.45) is 0. The number of aryl methyl sites for hydroxylation is 1. The Kier molecular flexibility index (Phi) is 5.16. The van der Waals surface area contributed by atoms with Crippen LogP contribution in [0.1, 0.15) is 33.4 Å². The van der Waals surface area contributed by atoms with Gasteiger partial charge in [-0.2, -0.15) is 0 Å². The van der Waals surface area contributed by atoms with Crippen molar-refractivity contribution in [2.24, 2.45) is 0 Å². The van der Waals surface area contributed by atoms with Crippen LogP contribution < -0.4 is 5.32 Å². The van der Waals surface area contributed by atoms with Crippen molar-refractivity contribution in [3.05, 3.63) is 75.5 Å². The zero-order chi connectivity index (χ0) is 18.8. The molecule has 0 bridgehead atoms. The van der Waals surface area contributed by atoms with E-state index >= 15 is 0 Å². The largest absolute Gasteiger partial charge is 0.461 e. The maximum atomic E-state index is 12.5. The molecule has 0 saturated heterocycles. The van der Waals surface area contributed by atoms with Crippen molar-refractivity contribution in [3.63, 3.8) is 0 Å². The van der Waals surface area contributed by atoms with E-state index in [1.54, 1.807) is 55.5 Å². The van der Waals surface area contributed by atoms with Gasteiger partial charge in [0, 0.05) is 26.9 Å². The van der Waals surface area contributed by atoms with Crippen molar-refractivity contribution in [2.75, 3.05) is 5.32 Å². The van der Waals surface area contributed by atoms with Gasteiger partial charge in [-0.05, 0) is 62.4 Å². The number of anilines is 1. The summed E-state index contributed by atoms with van der Waals surface area (Å²) in [6, 6.07) is 13.4. The standard InChI is InChI=1S/C20H15Cl2NO3/c1-11(24)13-3-5-17(6-4-13)23-20(25)18-10-19(26-12(18)2)14-7-15(21)9-16(22)8-14/h3-10H,1-2H3,(H,23,25). The van der Waals surface area contributed by atoms with Crippen molar-refractivity contribution in [2.45, 2.75) is 13.8 Å². The lowest BCUT2D eigenvalue weighted by Gasteiger charge is -2.04. The van der Waals surface area contributed by atoms with Crippen LogP contribution in [-0.2, 0) is 0 Å². The predicted molar refractivity (Wildman–Crippen MR) is 103 cm³/mol. The quantitative estimate of drug-likeness (QED) is 0.557. The lowest BCUT2D eigenvalue weighted by atomic mass is 10.1. The van der Waals surface area contributed by atoms with E-state index in [1.165, 1.54) is 6.92 Å². The molecule has 0 fully saturated rings. The number of Topliss-reactive ketones (excluding diaryl/α,β-unsaturated/α-hetero) is 1. The summed E-state index contributed by atoms with van der Waals surface area (Å²) in [5.74, 6) is 0.650. The molecule has 0 spiro atoms. The van der Waals surface area contributed by atoms with Crippen LogP contribution in [0.15, 0.2) is 52.9 Å². The third kappa shape index (κ3) is 3.98. The van der Waals surface area contributed by atoms with Gasteiger partial charge in [-0.25, -0.2) is 0 Å². The van der Waals surface area contributed by atoms with Gasteiger partial charge in [0.15, 0.2) is 5.78 Å². The molecule has 1 aromatic heterocycles. The summed E-state index contributed by atoms with van der Waals surface area (Å²) in [7, 11) is 0. The van der Waals surface area contributed by atoms with Crippen LogP contribution in [0.2, 0.25) is 10.0 Å². The van der Waals surface area contributed by atoms with Crippen molar-refractivity contribution >= 4 is 40.6 Å². The zero-order valence-electron chi connectivity index (χ0n) is 14.1. The minimum Gasteiger partial charge on any atom is -0.461 e. The zero-order valence-corrected chi connectivity index (χ0v) is 15.6. The molecule has 0 aliphatic heterocycles. The number of amides is 1. The molecule has 4 nitrogen and oxygen atoms in total. The normalized spacial score (nSPS) is 10.6. The van der Waals surface area contributed by atoms with Crippen LogP contribution in [0.25, 0.3) is 11.3 Å². The van der Waals surface area contributed by atoms with E-state index in [2.05, 4.69) is 5.32 Å². The molecule has 2 aromatic carbocycles. The Balaban J connectivity index is 1.84. The fourth-order valence-corrected chi connectivity index (χ4v) is 3.06. The van der Waals surface area contributed by atoms with Gasteiger partial charge in [0.2, 0.25) is 0 Å². The Morgan fingerprint density at radius 2 is 1.58 bits per heavy atom. The molecule has 0 unspecified atom stereocenters. The van der Waals surface area contributed by atoms with Crippen LogP contribution in [0.3, 0.4) is 0 Å². The molecule has 0 atom stereocenters. The smallest absolute Gasteiger partial charge is 0.259 e. The Hall–Kier alpha value is -2.56. The van der Waals surface area contributed by atoms with Crippen LogP contribution in [0, 0.1) is 6.92 Å². The molecule has 3 aromatic rings. The van der Waals surface area contributed by atoms with Gasteiger partial charge in [-0.1, -0.05) is 23.2 Å². The number of nitrogens with one attached hydrogen (secondary N) is 1. The molecule has 0 radical (unpaired) electrons. The average molecular weight is 388 g/mol. The second-order valence-electron chi connectivity index (χ2n) is 5.83. The number of carbonyl (C=O) groups excluding carboxylic acids is 2. The fourth-order valence-electron chi connectivity index (χ4n) is 2.53. The van der Waals surface area contributed by atoms with Crippen LogP contribution in [0.4, 0.5) is 5.69 Å². The van der Waals surface area contributed by atoms with Crippen molar-refractivity contribution in [1.29, 1.82) is 0 Å². The first-order chi connectivity index (χ1) is 12.3. The van der Waals surface area contributed by atoms with E-state index in [0.29, 0.717) is 43.9 Å². The highest BCUT2D eigenvalue weighted by Gasteiger charge is 2.17. The Morgan fingerprint density at radius 1 is 0.962 bits per heavy atom. The highest BCUT2D eigenvalue weighted by atomic mass is 35.5. The topological polar surface area (TPSA) is 59.3 Å². The third-order valence-corrected chi connectivity index (χ3v) is 4.30. The van der Waals surface area contributed by atoms with Crippen LogP contribution in [0.5, 0.6) is 0 Å². The van der Waals surface area contributed by atoms with Gasteiger partial charge < -0.3 is 9.73 Å². The van der Waals surface area contributed by atoms with E-state index in [-0.39, 0.29) is 11.7 Å². The van der Waals surface area contributed by atoms with Crippen molar-refractivity contribution in [3.8, 4) is 11.3 Å². The molecule has 1 N–H and O–H groups in total. The van der Waals surface area contributed by atoms with Gasteiger partial charge >= 0.3 is 0 Å². The predicted octanol–water partition coefficient (Wildman–Crippen LogP) is 6.02. The van der Waals surface area contributed by atoms with Gasteiger partial charge in [-0.15, -0.1) is 0 Å². The van der Waals surface area contributed by atoms with E-state index in [0.717, 1.165) is 0 Å². The van der Waals surface area contributed by atoms with Gasteiger partial charge in [0.1, 0.15) is 11.5 Å². The molecule has 0 aliphatic rings. The minimum atomic E-state index is -0.304. The molecule has 26 heavy (non-hydrogen) atoms. The first-order valence-corrected chi connectivity index (χ1v) is 8.58. The summed E-state index contributed by atoms with van der Waals surface area (Å²) >= 11 is 12.0. The first kappa shape index (κ1) is 18.2. The lowest BCUT2D eigenvalue weighted by molar-refractivity contribution is 0.101. The summed E-state index contributed by atoms with van der Waals surface area (Å²) in [4.78, 5) is 23.9. The third-order valence-electron chi connectivity index (χ3n) is 3.86. The summed E-state index contributed by atoms with van der Waals surface area (Å²) in [6.45, 7) is 3.20. The lowest BCUT2D eigenvalue weighted by Crippen LogP contribution is -2.12. The minimum absolute atomic E-state index is 0.0293. The van der Waals surface area contributed by atoms with E-state index < -0.39 is 0 Å². The van der Waals surface area contributed by atoms with Gasteiger partial charge in [0.05, 0.1) is 5.56 Å². The molecule has 0 saturated carbocycles. The SMILES string of the molecule is CC(=O)c1ccc(NC(=O)c2cc(-c3cc(Cl)cc(Cl)c3)oc2C)cc1. The molecule has 0 aliphatic carbocycles. The second kappa shape index (κ2) is 7.36. The van der Waals surface area contributed by atoms with Crippen molar-refractivity contribution in [1.82, 2.24) is 0 Å². The maximum absolute atomic E-state index is 12.5. The number of hydrogen-bond acceptors (Lipinski definition) is 3. The Morgan fingerprint density at radius 3 is 2.15 bits per heavy atom. The van der Waals surface area contributed by atoms with E-state index in [9.17, 15) is 9.59 Å². The number of rotatable bonds is 4. The fraction of sp³-hybridized carbons (Fsp3) is 0.100. The van der Waals surface area contributed by atoms with Crippen LogP contribution in [-0.4, -0.2) is 11.7 Å².